The number of rotatable bonds is 10. The number of benzene rings is 1. The number of ether oxygens (including phenoxy) is 1. The van der Waals surface area contributed by atoms with E-state index in [4.69, 9.17) is 4.74 Å². The van der Waals surface area contributed by atoms with Crippen LogP contribution in [0.1, 0.15) is 45.4 Å². The second-order valence-corrected chi connectivity index (χ2v) is 8.49. The van der Waals surface area contributed by atoms with Crippen molar-refractivity contribution in [3.8, 4) is 5.75 Å². The van der Waals surface area contributed by atoms with Crippen LogP contribution in [0.4, 0.5) is 26.3 Å². The fraction of sp³-hybridized carbons (Fsp3) is 0.600. The number of allylic oxidation sites excluding steroid dienone is 2. The van der Waals surface area contributed by atoms with E-state index in [1.807, 2.05) is 0 Å². The van der Waals surface area contributed by atoms with Gasteiger partial charge in [-0.2, -0.15) is 17.6 Å². The molecule has 1 aromatic carbocycles. The molecule has 0 amide bonds. The lowest BCUT2D eigenvalue weighted by Crippen LogP contribution is -2.60. The maximum atomic E-state index is 14.7. The molecule has 0 aliphatic heterocycles. The molecule has 0 fully saturated rings. The van der Waals surface area contributed by atoms with E-state index in [1.54, 1.807) is 0 Å². The third kappa shape index (κ3) is 5.03. The number of hydrogen-bond donors (Lipinski definition) is 0. The molecule has 1 nitrogen and oxygen atoms in total. The minimum Gasteiger partial charge on any atom is -0.494 e. The molecule has 0 saturated heterocycles. The molecule has 0 aromatic heterocycles. The van der Waals surface area contributed by atoms with E-state index in [0.29, 0.717) is 12.4 Å². The van der Waals surface area contributed by atoms with Gasteiger partial charge in [-0.1, -0.05) is 51.2 Å². The molecule has 1 aromatic rings. The van der Waals surface area contributed by atoms with Crippen molar-refractivity contribution in [3.05, 3.63) is 36.4 Å². The Balaban J connectivity index is 1.91. The predicted molar refractivity (Wildman–Crippen MR) is 101 cm³/mol. The van der Waals surface area contributed by atoms with Crippen LogP contribution in [0.15, 0.2) is 36.4 Å². The summed E-state index contributed by atoms with van der Waals surface area (Å²) in [5.74, 6) is -9.74. The van der Waals surface area contributed by atoms with Gasteiger partial charge in [0.05, 0.1) is 6.61 Å². The second kappa shape index (κ2) is 9.51. The zero-order chi connectivity index (χ0) is 20.8. The second-order valence-electron chi connectivity index (χ2n) is 6.94. The molecule has 1 aliphatic carbocycles. The average Bonchev–Trinajstić information content (AvgIpc) is 2.65. The summed E-state index contributed by atoms with van der Waals surface area (Å²) >= 11 is 0. The summed E-state index contributed by atoms with van der Waals surface area (Å²) in [7, 11) is -1.29. The Morgan fingerprint density at radius 3 is 2.18 bits per heavy atom. The Kier molecular flexibility index (Phi) is 7.83. The quantitative estimate of drug-likeness (QED) is 0.178. The minimum absolute atomic E-state index is 0.117. The predicted octanol–water partition coefficient (Wildman–Crippen LogP) is 6.57. The topological polar surface area (TPSA) is 9.23 Å². The van der Waals surface area contributed by atoms with E-state index in [2.05, 4.69) is 6.92 Å². The van der Waals surface area contributed by atoms with Crippen LogP contribution in [0.2, 0.25) is 0 Å². The van der Waals surface area contributed by atoms with Gasteiger partial charge in [0.2, 0.25) is 5.41 Å². The monoisotopic (exact) mass is 426 g/mol. The lowest BCUT2D eigenvalue weighted by atomic mass is 9.95. The molecule has 3 unspecified atom stereocenters. The minimum atomic E-state index is -5.14. The van der Waals surface area contributed by atoms with E-state index in [-0.39, 0.29) is 17.5 Å². The van der Waals surface area contributed by atoms with Crippen molar-refractivity contribution in [3.63, 3.8) is 0 Å². The van der Waals surface area contributed by atoms with Gasteiger partial charge in [-0.05, 0) is 44.6 Å². The zero-order valence-corrected chi connectivity index (χ0v) is 16.7. The summed E-state index contributed by atoms with van der Waals surface area (Å²) < 4.78 is 88.2. The van der Waals surface area contributed by atoms with Gasteiger partial charge < -0.3 is 4.74 Å². The molecular formula is C20H25F6OP. The van der Waals surface area contributed by atoms with Gasteiger partial charge in [0.1, 0.15) is 5.75 Å². The van der Waals surface area contributed by atoms with Crippen LogP contribution >= 0.6 is 8.58 Å². The van der Waals surface area contributed by atoms with E-state index >= 15 is 0 Å². The standard InChI is InChI=1S/C20H25F6OP/c1-2-3-4-5-6-7-14-27-15-8-10-16(11-9-15)28-18(22)13-12-17(21)19(23,24)20(18,25)26/h8-13,17,28H,2-7,14H2,1H3. The van der Waals surface area contributed by atoms with Crippen molar-refractivity contribution < 1.29 is 31.1 Å². The summed E-state index contributed by atoms with van der Waals surface area (Å²) in [6.45, 7) is 2.65. The van der Waals surface area contributed by atoms with Gasteiger partial charge in [-0.15, -0.1) is 0 Å². The Morgan fingerprint density at radius 1 is 0.929 bits per heavy atom. The van der Waals surface area contributed by atoms with Crippen LogP contribution in [0.5, 0.6) is 5.75 Å². The highest BCUT2D eigenvalue weighted by Crippen LogP contribution is 2.57. The van der Waals surface area contributed by atoms with Crippen LogP contribution in [-0.2, 0) is 0 Å². The molecular weight excluding hydrogens is 401 g/mol. The van der Waals surface area contributed by atoms with Crippen LogP contribution in [0.3, 0.4) is 0 Å². The Labute approximate surface area is 163 Å². The van der Waals surface area contributed by atoms with E-state index in [0.717, 1.165) is 19.3 Å². The van der Waals surface area contributed by atoms with E-state index in [1.165, 1.54) is 43.5 Å². The number of hydrogen-bond acceptors (Lipinski definition) is 1. The van der Waals surface area contributed by atoms with Crippen molar-refractivity contribution in [2.75, 3.05) is 6.61 Å². The third-order valence-corrected chi connectivity index (χ3v) is 6.13. The molecule has 8 heteroatoms. The highest BCUT2D eigenvalue weighted by Gasteiger charge is 2.73. The fourth-order valence-corrected chi connectivity index (χ4v) is 4.15. The lowest BCUT2D eigenvalue weighted by Gasteiger charge is -2.40. The number of halogens is 6. The third-order valence-electron chi connectivity index (χ3n) is 4.66. The molecule has 0 heterocycles. The van der Waals surface area contributed by atoms with Gasteiger partial charge in [0.25, 0.3) is 0 Å². The molecule has 0 N–H and O–H groups in total. The first kappa shape index (κ1) is 23.1. The van der Waals surface area contributed by atoms with Crippen LogP contribution < -0.4 is 10.0 Å². The van der Waals surface area contributed by atoms with Crippen molar-refractivity contribution >= 4 is 13.9 Å². The van der Waals surface area contributed by atoms with Gasteiger partial charge in [0, 0.05) is 0 Å². The van der Waals surface area contributed by atoms with E-state index < -0.39 is 32.0 Å². The number of alkyl halides is 6. The van der Waals surface area contributed by atoms with Crippen molar-refractivity contribution in [1.82, 2.24) is 0 Å². The zero-order valence-electron chi connectivity index (χ0n) is 15.7. The molecule has 28 heavy (non-hydrogen) atoms. The maximum Gasteiger partial charge on any atom is 0.354 e. The molecule has 3 atom stereocenters. The van der Waals surface area contributed by atoms with Crippen molar-refractivity contribution in [2.24, 2.45) is 0 Å². The summed E-state index contributed by atoms with van der Waals surface area (Å²) in [6, 6.07) is 5.70. The summed E-state index contributed by atoms with van der Waals surface area (Å²) in [4.78, 5) is 0. The van der Waals surface area contributed by atoms with Gasteiger partial charge in [-0.3, -0.25) is 0 Å². The summed E-state index contributed by atoms with van der Waals surface area (Å²) in [6.07, 6.45) is 3.84. The normalized spacial score (nSPS) is 26.0. The summed E-state index contributed by atoms with van der Waals surface area (Å²) in [5, 5.41) is -3.52. The fourth-order valence-electron chi connectivity index (χ4n) is 2.90. The Hall–Kier alpha value is -1.23. The lowest BCUT2D eigenvalue weighted by molar-refractivity contribution is -0.262. The smallest absolute Gasteiger partial charge is 0.354 e. The van der Waals surface area contributed by atoms with Crippen LogP contribution in [0, 0.1) is 0 Å². The molecule has 158 valence electrons. The van der Waals surface area contributed by atoms with E-state index in [9.17, 15) is 26.3 Å². The SMILES string of the molecule is CCCCCCCCOc1ccc(PC2(F)C=CC(F)C(F)(F)C2(F)F)cc1. The maximum absolute atomic E-state index is 14.7. The molecule has 0 spiro atoms. The Morgan fingerprint density at radius 2 is 1.54 bits per heavy atom. The number of unbranched alkanes of at least 4 members (excludes halogenated alkanes) is 5. The largest absolute Gasteiger partial charge is 0.494 e. The van der Waals surface area contributed by atoms with Crippen LogP contribution in [-0.4, -0.2) is 30.0 Å². The van der Waals surface area contributed by atoms with Gasteiger partial charge in [-0.25, -0.2) is 8.78 Å². The van der Waals surface area contributed by atoms with Gasteiger partial charge in [0.15, 0.2) is 6.17 Å². The Bertz CT molecular complexity index is 649. The van der Waals surface area contributed by atoms with Crippen molar-refractivity contribution in [2.45, 2.75) is 68.9 Å². The first-order valence-electron chi connectivity index (χ1n) is 9.43. The highest BCUT2D eigenvalue weighted by atomic mass is 31.1. The van der Waals surface area contributed by atoms with Crippen LogP contribution in [0.25, 0.3) is 0 Å². The average molecular weight is 426 g/mol. The van der Waals surface area contributed by atoms with Crippen molar-refractivity contribution in [1.29, 1.82) is 0 Å². The first-order valence-corrected chi connectivity index (χ1v) is 10.4. The van der Waals surface area contributed by atoms with Gasteiger partial charge >= 0.3 is 11.8 Å². The highest BCUT2D eigenvalue weighted by molar-refractivity contribution is 7.49. The molecule has 0 bridgehead atoms. The molecule has 0 saturated carbocycles. The molecule has 2 rings (SSSR count). The molecule has 0 radical (unpaired) electrons. The first-order chi connectivity index (χ1) is 13.1. The molecule has 1 aliphatic rings. The summed E-state index contributed by atoms with van der Waals surface area (Å²) in [5.41, 5.74) is 0.